The maximum absolute atomic E-state index is 12.8. The molecule has 5 nitrogen and oxygen atoms in total. The zero-order chi connectivity index (χ0) is 18.1. The Labute approximate surface area is 153 Å². The predicted molar refractivity (Wildman–Crippen MR) is 99.8 cm³/mol. The second kappa shape index (κ2) is 6.80. The number of carbonyl (C=O) groups excluding carboxylic acids is 1. The van der Waals surface area contributed by atoms with Crippen molar-refractivity contribution in [1.82, 2.24) is 9.88 Å². The molecule has 0 N–H and O–H groups in total. The molecular formula is C21H22N4O. The highest BCUT2D eigenvalue weighted by Crippen LogP contribution is 2.48. The zero-order valence-corrected chi connectivity index (χ0v) is 14.9. The number of hydrogen-bond acceptors (Lipinski definition) is 4. The van der Waals surface area contributed by atoms with Gasteiger partial charge in [0.2, 0.25) is 5.91 Å². The zero-order valence-electron chi connectivity index (χ0n) is 14.9. The van der Waals surface area contributed by atoms with Gasteiger partial charge in [0.25, 0.3) is 0 Å². The summed E-state index contributed by atoms with van der Waals surface area (Å²) >= 11 is 0. The van der Waals surface area contributed by atoms with E-state index in [1.165, 1.54) is 11.1 Å². The molecule has 0 bridgehead atoms. The first-order valence-corrected chi connectivity index (χ1v) is 9.12. The molecule has 2 atom stereocenters. The molecule has 1 aromatic heterocycles. The number of benzene rings is 1. The predicted octanol–water partition coefficient (Wildman–Crippen LogP) is 2.71. The van der Waals surface area contributed by atoms with Gasteiger partial charge in [-0.3, -0.25) is 4.79 Å². The Balaban J connectivity index is 1.35. The van der Waals surface area contributed by atoms with E-state index in [4.69, 9.17) is 5.26 Å². The fraction of sp³-hybridized carbons (Fsp3) is 0.381. The van der Waals surface area contributed by atoms with Crippen LogP contribution in [0, 0.1) is 24.2 Å². The first kappa shape index (κ1) is 16.6. The summed E-state index contributed by atoms with van der Waals surface area (Å²) in [7, 11) is 0. The number of aryl methyl sites for hydroxylation is 1. The molecule has 0 spiro atoms. The molecule has 1 amide bonds. The van der Waals surface area contributed by atoms with Gasteiger partial charge in [0, 0.05) is 38.3 Å². The van der Waals surface area contributed by atoms with Gasteiger partial charge in [-0.05, 0) is 37.0 Å². The highest BCUT2D eigenvalue weighted by molar-refractivity contribution is 5.83. The van der Waals surface area contributed by atoms with Crippen LogP contribution in [0.2, 0.25) is 0 Å². The van der Waals surface area contributed by atoms with Crippen molar-refractivity contribution in [3.05, 3.63) is 59.3 Å². The summed E-state index contributed by atoms with van der Waals surface area (Å²) in [4.78, 5) is 21.3. The Kier molecular flexibility index (Phi) is 4.34. The summed E-state index contributed by atoms with van der Waals surface area (Å²) in [5.74, 6) is 1.63. The Hall–Kier alpha value is -2.87. The van der Waals surface area contributed by atoms with Crippen molar-refractivity contribution in [1.29, 1.82) is 5.26 Å². The monoisotopic (exact) mass is 346 g/mol. The Morgan fingerprint density at radius 2 is 2.00 bits per heavy atom. The van der Waals surface area contributed by atoms with Crippen LogP contribution in [-0.2, 0) is 4.79 Å². The van der Waals surface area contributed by atoms with Crippen molar-refractivity contribution in [2.45, 2.75) is 19.3 Å². The van der Waals surface area contributed by atoms with E-state index in [9.17, 15) is 4.79 Å². The van der Waals surface area contributed by atoms with Gasteiger partial charge in [-0.25, -0.2) is 4.98 Å². The van der Waals surface area contributed by atoms with Crippen molar-refractivity contribution in [3.63, 3.8) is 0 Å². The van der Waals surface area contributed by atoms with Crippen LogP contribution in [0.4, 0.5) is 5.82 Å². The number of nitrogens with zero attached hydrogens (tertiary/aromatic N) is 4. The average Bonchev–Trinajstić information content (AvgIpc) is 3.48. The number of aromatic nitrogens is 1. The summed E-state index contributed by atoms with van der Waals surface area (Å²) < 4.78 is 0. The van der Waals surface area contributed by atoms with Gasteiger partial charge in [-0.2, -0.15) is 5.26 Å². The topological polar surface area (TPSA) is 60.2 Å². The molecule has 1 saturated heterocycles. The minimum Gasteiger partial charge on any atom is -0.353 e. The summed E-state index contributed by atoms with van der Waals surface area (Å²) in [5.41, 5.74) is 3.16. The minimum absolute atomic E-state index is 0.142. The lowest BCUT2D eigenvalue weighted by Gasteiger charge is -2.35. The maximum atomic E-state index is 12.8. The molecule has 1 aliphatic heterocycles. The fourth-order valence-electron chi connectivity index (χ4n) is 3.79. The number of anilines is 1. The smallest absolute Gasteiger partial charge is 0.226 e. The van der Waals surface area contributed by atoms with Crippen LogP contribution in [0.25, 0.3) is 0 Å². The van der Waals surface area contributed by atoms with E-state index in [1.54, 1.807) is 12.3 Å². The fourth-order valence-corrected chi connectivity index (χ4v) is 3.79. The van der Waals surface area contributed by atoms with E-state index in [1.807, 2.05) is 11.0 Å². The molecule has 5 heteroatoms. The lowest BCUT2D eigenvalue weighted by Crippen LogP contribution is -2.49. The SMILES string of the molecule is Cc1cccc([C@H]2C[C@@H]2C(=O)N2CCN(c3cc(C#N)ccn3)CC2)c1. The number of nitriles is 1. The van der Waals surface area contributed by atoms with Crippen LogP contribution < -0.4 is 4.90 Å². The molecule has 1 saturated carbocycles. The van der Waals surface area contributed by atoms with Gasteiger partial charge in [-0.1, -0.05) is 29.8 Å². The van der Waals surface area contributed by atoms with E-state index in [-0.39, 0.29) is 11.8 Å². The highest BCUT2D eigenvalue weighted by atomic mass is 16.2. The summed E-state index contributed by atoms with van der Waals surface area (Å²) in [5, 5.41) is 9.03. The van der Waals surface area contributed by atoms with Crippen LogP contribution in [0.3, 0.4) is 0 Å². The van der Waals surface area contributed by atoms with Crippen LogP contribution in [0.5, 0.6) is 0 Å². The summed E-state index contributed by atoms with van der Waals surface area (Å²) in [6.45, 7) is 5.05. The number of pyridine rings is 1. The number of hydrogen-bond donors (Lipinski definition) is 0. The van der Waals surface area contributed by atoms with Crippen LogP contribution >= 0.6 is 0 Å². The van der Waals surface area contributed by atoms with E-state index in [0.717, 1.165) is 25.3 Å². The summed E-state index contributed by atoms with van der Waals surface area (Å²) in [6.07, 6.45) is 2.64. The van der Waals surface area contributed by atoms with Gasteiger partial charge in [0.05, 0.1) is 11.6 Å². The Morgan fingerprint density at radius 3 is 2.73 bits per heavy atom. The molecule has 1 aromatic carbocycles. The third-order valence-electron chi connectivity index (χ3n) is 5.37. The van der Waals surface area contributed by atoms with Crippen molar-refractivity contribution in [3.8, 4) is 6.07 Å². The quantitative estimate of drug-likeness (QED) is 0.857. The molecule has 2 aliphatic rings. The third-order valence-corrected chi connectivity index (χ3v) is 5.37. The van der Waals surface area contributed by atoms with Crippen LogP contribution in [0.15, 0.2) is 42.6 Å². The molecule has 132 valence electrons. The first-order chi connectivity index (χ1) is 12.7. The van der Waals surface area contributed by atoms with E-state index in [0.29, 0.717) is 24.6 Å². The Morgan fingerprint density at radius 1 is 1.19 bits per heavy atom. The van der Waals surface area contributed by atoms with Gasteiger partial charge >= 0.3 is 0 Å². The van der Waals surface area contributed by atoms with Crippen LogP contribution in [0.1, 0.15) is 29.0 Å². The van der Waals surface area contributed by atoms with E-state index < -0.39 is 0 Å². The number of rotatable bonds is 3. The third kappa shape index (κ3) is 3.28. The molecule has 0 radical (unpaired) electrons. The number of carbonyl (C=O) groups is 1. The maximum Gasteiger partial charge on any atom is 0.226 e. The molecule has 26 heavy (non-hydrogen) atoms. The molecular weight excluding hydrogens is 324 g/mol. The number of amides is 1. The first-order valence-electron chi connectivity index (χ1n) is 9.12. The summed E-state index contributed by atoms with van der Waals surface area (Å²) in [6, 6.07) is 14.2. The van der Waals surface area contributed by atoms with Crippen molar-refractivity contribution < 1.29 is 4.79 Å². The van der Waals surface area contributed by atoms with Crippen molar-refractivity contribution in [2.24, 2.45) is 5.92 Å². The molecule has 2 heterocycles. The van der Waals surface area contributed by atoms with Gasteiger partial charge in [-0.15, -0.1) is 0 Å². The molecule has 4 rings (SSSR count). The lowest BCUT2D eigenvalue weighted by atomic mass is 10.1. The standard InChI is InChI=1S/C21H22N4O/c1-15-3-2-4-17(11-15)18-13-19(18)21(26)25-9-7-24(8-10-25)20-12-16(14-22)5-6-23-20/h2-6,11-12,18-19H,7-10,13H2,1H3/t18-,19+/m1/s1. The van der Waals surface area contributed by atoms with Crippen LogP contribution in [-0.4, -0.2) is 42.0 Å². The number of piperazine rings is 1. The molecule has 2 aromatic rings. The lowest BCUT2D eigenvalue weighted by molar-refractivity contribution is -0.133. The second-order valence-corrected chi connectivity index (χ2v) is 7.19. The average molecular weight is 346 g/mol. The van der Waals surface area contributed by atoms with Crippen molar-refractivity contribution >= 4 is 11.7 Å². The van der Waals surface area contributed by atoms with Gasteiger partial charge in [0.1, 0.15) is 5.82 Å². The van der Waals surface area contributed by atoms with E-state index in [2.05, 4.69) is 47.1 Å². The molecule has 1 aliphatic carbocycles. The molecule has 2 fully saturated rings. The molecule has 0 unspecified atom stereocenters. The normalized spacial score (nSPS) is 22.0. The Bertz CT molecular complexity index is 864. The largest absolute Gasteiger partial charge is 0.353 e. The minimum atomic E-state index is 0.142. The second-order valence-electron chi connectivity index (χ2n) is 7.19. The van der Waals surface area contributed by atoms with Crippen molar-refractivity contribution in [2.75, 3.05) is 31.1 Å². The highest BCUT2D eigenvalue weighted by Gasteiger charge is 2.46. The van der Waals surface area contributed by atoms with Gasteiger partial charge in [0.15, 0.2) is 0 Å². The van der Waals surface area contributed by atoms with Gasteiger partial charge < -0.3 is 9.80 Å². The van der Waals surface area contributed by atoms with E-state index >= 15 is 0 Å².